The second-order valence-corrected chi connectivity index (χ2v) is 8.96. The predicted octanol–water partition coefficient (Wildman–Crippen LogP) is 0.548. The molecule has 0 radical (unpaired) electrons. The van der Waals surface area contributed by atoms with Gasteiger partial charge in [-0.25, -0.2) is 4.79 Å². The first-order valence-electron chi connectivity index (χ1n) is 7.43. The van der Waals surface area contributed by atoms with Crippen LogP contribution in [0.3, 0.4) is 0 Å². The van der Waals surface area contributed by atoms with Crippen molar-refractivity contribution in [2.24, 2.45) is 0 Å². The van der Waals surface area contributed by atoms with E-state index >= 15 is 0 Å². The Morgan fingerprint density at radius 1 is 1.32 bits per heavy atom. The molecule has 0 spiro atoms. The third-order valence-corrected chi connectivity index (χ3v) is 6.63. The van der Waals surface area contributed by atoms with E-state index in [1.165, 1.54) is 28.0 Å². The van der Waals surface area contributed by atoms with Crippen LogP contribution in [0.2, 0.25) is 0 Å². The first kappa shape index (κ1) is 17.7. The number of rotatable bonds is 5. The Balaban J connectivity index is 1.77. The molecule has 2 saturated heterocycles. The number of nitrogens with zero attached hydrogens (tertiary/aromatic N) is 1. The molecule has 4 atom stereocenters. The van der Waals surface area contributed by atoms with Gasteiger partial charge in [-0.15, -0.1) is 11.8 Å². The number of carboxylic acid groups (broad SMARTS) is 2. The summed E-state index contributed by atoms with van der Waals surface area (Å²) in [6, 6.07) is -0.344. The third kappa shape index (κ3) is 2.78. The van der Waals surface area contributed by atoms with Gasteiger partial charge in [-0.1, -0.05) is 0 Å². The molecule has 0 aliphatic carbocycles. The summed E-state index contributed by atoms with van der Waals surface area (Å²) in [7, 11) is 0. The molecule has 2 amide bonds. The summed E-state index contributed by atoms with van der Waals surface area (Å²) in [5, 5.41) is 23.9. The molecule has 8 nitrogen and oxygen atoms in total. The summed E-state index contributed by atoms with van der Waals surface area (Å²) >= 11 is 2.56. The smallest absolute Gasteiger partial charge is 0.327 e. The van der Waals surface area contributed by atoms with Crippen LogP contribution in [0.5, 0.6) is 0 Å². The molecule has 0 bridgehead atoms. The number of hydrogen-bond acceptors (Lipinski definition) is 6. The Hall–Kier alpha value is -2.07. The summed E-state index contributed by atoms with van der Waals surface area (Å²) < 4.78 is -0.703. The zero-order valence-corrected chi connectivity index (χ0v) is 15.0. The van der Waals surface area contributed by atoms with Gasteiger partial charge in [0.05, 0.1) is 0 Å². The average Bonchev–Trinajstić information content (AvgIpc) is 3.09. The molecule has 2 aliphatic rings. The van der Waals surface area contributed by atoms with Crippen molar-refractivity contribution in [1.29, 1.82) is 0 Å². The van der Waals surface area contributed by atoms with Crippen LogP contribution < -0.4 is 5.32 Å². The van der Waals surface area contributed by atoms with Gasteiger partial charge in [0.15, 0.2) is 5.92 Å². The minimum Gasteiger partial charge on any atom is -0.480 e. The fourth-order valence-electron chi connectivity index (χ4n) is 3.23. The molecular formula is C15H16N2O6S2. The van der Waals surface area contributed by atoms with Crippen molar-refractivity contribution in [2.75, 3.05) is 0 Å². The number of aliphatic carboxylic acids is 2. The molecule has 0 aromatic carbocycles. The quantitative estimate of drug-likeness (QED) is 0.500. The Kier molecular flexibility index (Phi) is 4.28. The fraction of sp³-hybridized carbons (Fsp3) is 0.467. The van der Waals surface area contributed by atoms with E-state index in [1.807, 2.05) is 0 Å². The van der Waals surface area contributed by atoms with Crippen molar-refractivity contribution in [3.8, 4) is 0 Å². The van der Waals surface area contributed by atoms with E-state index in [1.54, 1.807) is 30.7 Å². The van der Waals surface area contributed by atoms with Gasteiger partial charge in [-0.2, -0.15) is 11.3 Å². The number of thioether (sulfide) groups is 1. The summed E-state index contributed by atoms with van der Waals surface area (Å²) in [5.74, 6) is -5.08. The lowest BCUT2D eigenvalue weighted by Gasteiger charge is -2.43. The lowest BCUT2D eigenvalue weighted by molar-refractivity contribution is -0.161. The fourth-order valence-corrected chi connectivity index (χ4v) is 5.54. The highest BCUT2D eigenvalue weighted by Crippen LogP contribution is 2.50. The minimum absolute atomic E-state index is 0.349. The van der Waals surface area contributed by atoms with E-state index in [-0.39, 0.29) is 0 Å². The predicted molar refractivity (Wildman–Crippen MR) is 90.4 cm³/mol. The van der Waals surface area contributed by atoms with E-state index in [9.17, 15) is 29.4 Å². The molecule has 10 heteroatoms. The molecule has 1 unspecified atom stereocenters. The van der Waals surface area contributed by atoms with Crippen LogP contribution in [0.15, 0.2) is 16.8 Å². The molecule has 134 valence electrons. The number of hydrogen-bond donors (Lipinski definition) is 3. The van der Waals surface area contributed by atoms with Crippen molar-refractivity contribution < 1.29 is 29.4 Å². The van der Waals surface area contributed by atoms with Crippen LogP contribution >= 0.6 is 23.1 Å². The lowest BCUT2D eigenvalue weighted by Crippen LogP contribution is -2.71. The minimum atomic E-state index is -1.40. The maximum Gasteiger partial charge on any atom is 0.327 e. The normalized spacial score (nSPS) is 28.0. The largest absolute Gasteiger partial charge is 0.480 e. The number of fused-ring (bicyclic) bond motifs is 1. The highest BCUT2D eigenvalue weighted by molar-refractivity contribution is 8.01. The molecule has 0 saturated carbocycles. The molecule has 3 N–H and O–H groups in total. The van der Waals surface area contributed by atoms with Gasteiger partial charge in [0.25, 0.3) is 0 Å². The molecule has 1 aromatic heterocycles. The zero-order chi connectivity index (χ0) is 18.5. The van der Waals surface area contributed by atoms with Gasteiger partial charge < -0.3 is 20.4 Å². The number of β-lactam (4-membered cyclic amide) rings is 1. The zero-order valence-electron chi connectivity index (χ0n) is 13.3. The van der Waals surface area contributed by atoms with Crippen LogP contribution in [-0.4, -0.2) is 61.1 Å². The first-order valence-corrected chi connectivity index (χ1v) is 9.25. The molecule has 2 fully saturated rings. The number of amides is 2. The summed E-state index contributed by atoms with van der Waals surface area (Å²) in [4.78, 5) is 48.9. The highest BCUT2D eigenvalue weighted by Gasteiger charge is 2.64. The van der Waals surface area contributed by atoms with Crippen LogP contribution in [0.4, 0.5) is 0 Å². The average molecular weight is 384 g/mol. The number of thiophene rings is 1. The van der Waals surface area contributed by atoms with Gasteiger partial charge in [0.1, 0.15) is 17.5 Å². The maximum atomic E-state index is 12.4. The summed E-state index contributed by atoms with van der Waals surface area (Å²) in [6.07, 6.45) is 0. The van der Waals surface area contributed by atoms with Crippen LogP contribution in [0.25, 0.3) is 0 Å². The van der Waals surface area contributed by atoms with E-state index in [2.05, 4.69) is 5.32 Å². The Morgan fingerprint density at radius 3 is 2.52 bits per heavy atom. The van der Waals surface area contributed by atoms with E-state index in [0.29, 0.717) is 5.56 Å². The van der Waals surface area contributed by atoms with Crippen molar-refractivity contribution in [3.63, 3.8) is 0 Å². The second-order valence-electron chi connectivity index (χ2n) is 6.41. The monoisotopic (exact) mass is 384 g/mol. The number of carbonyl (C=O) groups excluding carboxylic acids is 2. The van der Waals surface area contributed by atoms with Gasteiger partial charge in [0, 0.05) is 4.75 Å². The number of nitrogens with one attached hydrogen (secondary N) is 1. The third-order valence-electron chi connectivity index (χ3n) is 4.36. The van der Waals surface area contributed by atoms with Crippen molar-refractivity contribution in [1.82, 2.24) is 10.2 Å². The summed E-state index contributed by atoms with van der Waals surface area (Å²) in [5.41, 5.74) is 0.349. The van der Waals surface area contributed by atoms with Crippen molar-refractivity contribution in [2.45, 2.75) is 42.0 Å². The molecule has 2 aliphatic heterocycles. The van der Waals surface area contributed by atoms with Crippen molar-refractivity contribution >= 4 is 46.9 Å². The molecule has 25 heavy (non-hydrogen) atoms. The van der Waals surface area contributed by atoms with E-state index in [4.69, 9.17) is 0 Å². The Morgan fingerprint density at radius 2 is 2.00 bits per heavy atom. The second kappa shape index (κ2) is 6.03. The van der Waals surface area contributed by atoms with Crippen LogP contribution in [-0.2, 0) is 19.2 Å². The molecule has 3 rings (SSSR count). The van der Waals surface area contributed by atoms with Crippen LogP contribution in [0.1, 0.15) is 25.3 Å². The van der Waals surface area contributed by atoms with Crippen molar-refractivity contribution in [3.05, 3.63) is 22.4 Å². The number of carbonyl (C=O) groups is 4. The molecule has 3 heterocycles. The topological polar surface area (TPSA) is 124 Å². The SMILES string of the molecule is CC1(C)S[C@@H]2[C@H](NC(=O)C(C(=O)O)c3ccsc3)C(=O)N2[C@@H]1C(=O)O. The highest BCUT2D eigenvalue weighted by atomic mass is 32.2. The maximum absolute atomic E-state index is 12.4. The summed E-state index contributed by atoms with van der Waals surface area (Å²) in [6.45, 7) is 3.46. The van der Waals surface area contributed by atoms with Crippen LogP contribution in [0, 0.1) is 0 Å². The van der Waals surface area contributed by atoms with E-state index in [0.717, 1.165) is 0 Å². The Labute approximate surface area is 151 Å². The lowest BCUT2D eigenvalue weighted by atomic mass is 9.95. The molecular weight excluding hydrogens is 368 g/mol. The molecule has 1 aromatic rings. The van der Waals surface area contributed by atoms with Gasteiger partial charge >= 0.3 is 11.9 Å². The number of carboxylic acids is 2. The van der Waals surface area contributed by atoms with Gasteiger partial charge in [0.2, 0.25) is 11.8 Å². The van der Waals surface area contributed by atoms with Gasteiger partial charge in [-0.3, -0.25) is 14.4 Å². The first-order chi connectivity index (χ1) is 11.6. The van der Waals surface area contributed by atoms with Gasteiger partial charge in [-0.05, 0) is 36.2 Å². The Bertz CT molecular complexity index is 747. The standard InChI is InChI=1S/C15H16N2O6S2/c1-15(2)9(14(22)23)17-11(19)8(12(17)25-15)16-10(18)7(13(20)21)6-3-4-24-5-6/h3-5,7-9,12H,1-2H3,(H,16,18)(H,20,21)(H,22,23)/t7?,8-,9-,12-/m1/s1. The van der Waals surface area contributed by atoms with E-state index < -0.39 is 51.9 Å².